The molecule has 0 fully saturated rings. The van der Waals surface area contributed by atoms with Gasteiger partial charge in [0.05, 0.1) is 0 Å². The number of aryl methyl sites for hydroxylation is 1. The summed E-state index contributed by atoms with van der Waals surface area (Å²) in [6, 6.07) is 12.2. The molecule has 0 aliphatic carbocycles. The number of rotatable bonds is 2. The first kappa shape index (κ1) is 13.9. The predicted octanol–water partition coefficient (Wildman–Crippen LogP) is 4.22. The van der Waals surface area contributed by atoms with Crippen LogP contribution in [0.3, 0.4) is 0 Å². The number of aliphatic hydroxyl groups excluding tert-OH is 1. The Hall–Kier alpha value is -2.06. The standard InChI is InChI=1S/C19H20O2/c1-12-8-9-16(14(3)13(12)2)18(20)10-19-17-7-5-4-6-15(17)11-21-19/h4-10,18,20H,11H2,1-3H3/b19-10+. The van der Waals surface area contributed by atoms with Gasteiger partial charge in [-0.3, -0.25) is 0 Å². The lowest BCUT2D eigenvalue weighted by atomic mass is 9.95. The van der Waals surface area contributed by atoms with E-state index in [0.717, 1.165) is 22.4 Å². The van der Waals surface area contributed by atoms with E-state index in [-0.39, 0.29) is 0 Å². The molecule has 21 heavy (non-hydrogen) atoms. The van der Waals surface area contributed by atoms with Crippen LogP contribution in [-0.4, -0.2) is 5.11 Å². The Morgan fingerprint density at radius 1 is 1.05 bits per heavy atom. The van der Waals surface area contributed by atoms with Crippen LogP contribution in [0.2, 0.25) is 0 Å². The lowest BCUT2D eigenvalue weighted by Gasteiger charge is -2.15. The van der Waals surface area contributed by atoms with Crippen molar-refractivity contribution in [3.8, 4) is 0 Å². The van der Waals surface area contributed by atoms with Crippen molar-refractivity contribution in [2.45, 2.75) is 33.5 Å². The molecule has 3 rings (SSSR count). The number of hydrogen-bond donors (Lipinski definition) is 1. The van der Waals surface area contributed by atoms with Gasteiger partial charge in [0.2, 0.25) is 0 Å². The highest BCUT2D eigenvalue weighted by Gasteiger charge is 2.19. The number of fused-ring (bicyclic) bond motifs is 1. The molecule has 2 aromatic rings. The summed E-state index contributed by atoms with van der Waals surface area (Å²) in [5, 5.41) is 10.5. The molecule has 0 bridgehead atoms. The number of ether oxygens (including phenoxy) is 1. The van der Waals surface area contributed by atoms with E-state index in [1.54, 1.807) is 0 Å². The van der Waals surface area contributed by atoms with Gasteiger partial charge in [0.15, 0.2) is 0 Å². The van der Waals surface area contributed by atoms with Crippen LogP contribution in [0, 0.1) is 20.8 Å². The molecule has 1 N–H and O–H groups in total. The minimum atomic E-state index is -0.648. The van der Waals surface area contributed by atoms with Crippen LogP contribution in [0.1, 0.15) is 39.5 Å². The van der Waals surface area contributed by atoms with Crippen molar-refractivity contribution < 1.29 is 9.84 Å². The van der Waals surface area contributed by atoms with Gasteiger partial charge in [-0.15, -0.1) is 0 Å². The summed E-state index contributed by atoms with van der Waals surface area (Å²) in [5.41, 5.74) is 6.83. The lowest BCUT2D eigenvalue weighted by Crippen LogP contribution is -2.01. The molecular formula is C19H20O2. The summed E-state index contributed by atoms with van der Waals surface area (Å²) in [6.45, 7) is 6.83. The Morgan fingerprint density at radius 2 is 1.81 bits per heavy atom. The van der Waals surface area contributed by atoms with Crippen LogP contribution >= 0.6 is 0 Å². The number of benzene rings is 2. The third kappa shape index (κ3) is 2.47. The van der Waals surface area contributed by atoms with E-state index in [1.807, 2.05) is 30.3 Å². The summed E-state index contributed by atoms with van der Waals surface area (Å²) in [4.78, 5) is 0. The van der Waals surface area contributed by atoms with Crippen LogP contribution in [0.25, 0.3) is 5.76 Å². The number of aliphatic hydroxyl groups is 1. The van der Waals surface area contributed by atoms with Gasteiger partial charge in [-0.25, -0.2) is 0 Å². The van der Waals surface area contributed by atoms with Crippen LogP contribution in [-0.2, 0) is 11.3 Å². The zero-order chi connectivity index (χ0) is 15.0. The van der Waals surface area contributed by atoms with Gasteiger partial charge in [0.1, 0.15) is 18.5 Å². The molecule has 0 saturated heterocycles. The highest BCUT2D eigenvalue weighted by atomic mass is 16.5. The molecule has 1 heterocycles. The molecular weight excluding hydrogens is 260 g/mol. The highest BCUT2D eigenvalue weighted by molar-refractivity contribution is 5.66. The normalized spacial score (nSPS) is 16.7. The summed E-state index contributed by atoms with van der Waals surface area (Å²) >= 11 is 0. The van der Waals surface area contributed by atoms with E-state index in [0.29, 0.717) is 6.61 Å². The Kier molecular flexibility index (Phi) is 3.56. The third-order valence-corrected chi connectivity index (χ3v) is 4.39. The molecule has 1 unspecified atom stereocenters. The van der Waals surface area contributed by atoms with Crippen molar-refractivity contribution in [2.24, 2.45) is 0 Å². The minimum absolute atomic E-state index is 0.584. The Balaban J connectivity index is 1.96. The van der Waals surface area contributed by atoms with Crippen molar-refractivity contribution in [1.82, 2.24) is 0 Å². The van der Waals surface area contributed by atoms with Gasteiger partial charge >= 0.3 is 0 Å². The molecule has 1 aliphatic heterocycles. The largest absolute Gasteiger partial charge is 0.488 e. The predicted molar refractivity (Wildman–Crippen MR) is 84.8 cm³/mol. The molecule has 2 aromatic carbocycles. The van der Waals surface area contributed by atoms with E-state index < -0.39 is 6.10 Å². The molecule has 0 saturated carbocycles. The topological polar surface area (TPSA) is 29.5 Å². The molecule has 1 atom stereocenters. The van der Waals surface area contributed by atoms with Gasteiger partial charge in [-0.1, -0.05) is 36.4 Å². The second kappa shape index (κ2) is 5.38. The Labute approximate surface area is 125 Å². The smallest absolute Gasteiger partial charge is 0.126 e. The minimum Gasteiger partial charge on any atom is -0.488 e. The van der Waals surface area contributed by atoms with Crippen molar-refractivity contribution in [2.75, 3.05) is 0 Å². The van der Waals surface area contributed by atoms with E-state index in [9.17, 15) is 5.11 Å². The van der Waals surface area contributed by atoms with Gasteiger partial charge in [0, 0.05) is 11.1 Å². The molecule has 108 valence electrons. The molecule has 0 amide bonds. The van der Waals surface area contributed by atoms with Crippen LogP contribution < -0.4 is 0 Å². The zero-order valence-corrected chi connectivity index (χ0v) is 12.7. The molecule has 0 spiro atoms. The fourth-order valence-electron chi connectivity index (χ4n) is 2.79. The summed E-state index contributed by atoms with van der Waals surface area (Å²) in [5.74, 6) is 0.774. The summed E-state index contributed by atoms with van der Waals surface area (Å²) in [6.07, 6.45) is 1.16. The first-order valence-corrected chi connectivity index (χ1v) is 7.25. The maximum absolute atomic E-state index is 10.5. The van der Waals surface area contributed by atoms with Crippen molar-refractivity contribution in [3.63, 3.8) is 0 Å². The first-order chi connectivity index (χ1) is 10.1. The first-order valence-electron chi connectivity index (χ1n) is 7.25. The van der Waals surface area contributed by atoms with Crippen molar-refractivity contribution in [1.29, 1.82) is 0 Å². The lowest BCUT2D eigenvalue weighted by molar-refractivity contribution is 0.220. The van der Waals surface area contributed by atoms with Gasteiger partial charge in [0.25, 0.3) is 0 Å². The monoisotopic (exact) mass is 280 g/mol. The van der Waals surface area contributed by atoms with E-state index >= 15 is 0 Å². The average Bonchev–Trinajstić information content (AvgIpc) is 2.88. The summed E-state index contributed by atoms with van der Waals surface area (Å²) in [7, 11) is 0. The maximum Gasteiger partial charge on any atom is 0.126 e. The van der Waals surface area contributed by atoms with Gasteiger partial charge in [-0.2, -0.15) is 0 Å². The second-order valence-corrected chi connectivity index (χ2v) is 5.64. The van der Waals surface area contributed by atoms with Gasteiger partial charge in [-0.05, 0) is 49.1 Å². The zero-order valence-electron chi connectivity index (χ0n) is 12.7. The highest BCUT2D eigenvalue weighted by Crippen LogP contribution is 2.32. The Morgan fingerprint density at radius 3 is 2.62 bits per heavy atom. The second-order valence-electron chi connectivity index (χ2n) is 5.64. The maximum atomic E-state index is 10.5. The van der Waals surface area contributed by atoms with Gasteiger partial charge < -0.3 is 9.84 Å². The fraction of sp³-hybridized carbons (Fsp3) is 0.263. The van der Waals surface area contributed by atoms with E-state index in [1.165, 1.54) is 16.7 Å². The fourth-order valence-corrected chi connectivity index (χ4v) is 2.79. The average molecular weight is 280 g/mol. The van der Waals surface area contributed by atoms with Crippen molar-refractivity contribution >= 4 is 5.76 Å². The van der Waals surface area contributed by atoms with Crippen molar-refractivity contribution in [3.05, 3.63) is 75.9 Å². The molecule has 2 heteroatoms. The van der Waals surface area contributed by atoms with E-state index in [4.69, 9.17) is 4.74 Å². The van der Waals surface area contributed by atoms with Crippen LogP contribution in [0.4, 0.5) is 0 Å². The SMILES string of the molecule is Cc1ccc(C(O)/C=C2/OCc3ccccc32)c(C)c1C. The summed E-state index contributed by atoms with van der Waals surface area (Å²) < 4.78 is 5.71. The third-order valence-electron chi connectivity index (χ3n) is 4.39. The Bertz CT molecular complexity index is 714. The molecule has 1 aliphatic rings. The molecule has 0 aromatic heterocycles. The quantitative estimate of drug-likeness (QED) is 0.892. The van der Waals surface area contributed by atoms with E-state index in [2.05, 4.69) is 32.9 Å². The number of hydrogen-bond acceptors (Lipinski definition) is 2. The molecule has 2 nitrogen and oxygen atoms in total. The van der Waals surface area contributed by atoms with Crippen LogP contribution in [0.15, 0.2) is 42.5 Å². The van der Waals surface area contributed by atoms with Crippen LogP contribution in [0.5, 0.6) is 0 Å². The molecule has 0 radical (unpaired) electrons.